The second-order valence-electron chi connectivity index (χ2n) is 4.55. The van der Waals surface area contributed by atoms with Crippen LogP contribution in [0.25, 0.3) is 0 Å². The van der Waals surface area contributed by atoms with Gasteiger partial charge >= 0.3 is 0 Å². The van der Waals surface area contributed by atoms with E-state index in [-0.39, 0.29) is 6.10 Å². The second kappa shape index (κ2) is 5.95. The molecule has 1 atom stereocenters. The molecule has 1 aromatic heterocycles. The van der Waals surface area contributed by atoms with Crippen molar-refractivity contribution >= 4 is 39.0 Å². The number of rotatable bonds is 3. The van der Waals surface area contributed by atoms with Crippen LogP contribution in [0.5, 0.6) is 0 Å². The van der Waals surface area contributed by atoms with Crippen LogP contribution in [-0.2, 0) is 12.2 Å². The van der Waals surface area contributed by atoms with Gasteiger partial charge in [0.05, 0.1) is 22.4 Å². The lowest BCUT2D eigenvalue weighted by Gasteiger charge is -2.14. The Kier molecular flexibility index (Phi) is 4.27. The number of aromatic nitrogens is 1. The summed E-state index contributed by atoms with van der Waals surface area (Å²) in [5.41, 5.74) is 1.12. The van der Waals surface area contributed by atoms with E-state index in [9.17, 15) is 5.11 Å². The van der Waals surface area contributed by atoms with Crippen molar-refractivity contribution in [2.24, 2.45) is 0 Å². The van der Waals surface area contributed by atoms with Gasteiger partial charge in [-0.1, -0.05) is 12.1 Å². The molecule has 1 aliphatic rings. The maximum Gasteiger partial charge on any atom is 0.103 e. The molecule has 19 heavy (non-hydrogen) atoms. The number of halogens is 1. The first-order valence-electron chi connectivity index (χ1n) is 6.28. The van der Waals surface area contributed by atoms with Crippen molar-refractivity contribution < 1.29 is 5.11 Å². The van der Waals surface area contributed by atoms with Gasteiger partial charge in [-0.15, -0.1) is 23.1 Å². The summed E-state index contributed by atoms with van der Waals surface area (Å²) in [6.07, 6.45) is 2.66. The Morgan fingerprint density at radius 2 is 2.26 bits per heavy atom. The van der Waals surface area contributed by atoms with Gasteiger partial charge in [-0.25, -0.2) is 4.98 Å². The van der Waals surface area contributed by atoms with Crippen molar-refractivity contribution in [2.45, 2.75) is 36.0 Å². The minimum atomic E-state index is -0.288. The average molecular weight is 356 g/mol. The van der Waals surface area contributed by atoms with Crippen molar-refractivity contribution in [1.82, 2.24) is 4.98 Å². The zero-order chi connectivity index (χ0) is 13.2. The SMILES string of the molecule is OC1CCCc2nc(CSc3ccccc3Br)sc21. The van der Waals surface area contributed by atoms with Crippen LogP contribution in [0.3, 0.4) is 0 Å². The summed E-state index contributed by atoms with van der Waals surface area (Å²) >= 11 is 7.01. The molecule has 0 aliphatic heterocycles. The molecule has 5 heteroatoms. The Balaban J connectivity index is 1.73. The van der Waals surface area contributed by atoms with Crippen LogP contribution in [-0.4, -0.2) is 10.1 Å². The molecule has 2 nitrogen and oxygen atoms in total. The summed E-state index contributed by atoms with van der Waals surface area (Å²) in [7, 11) is 0. The number of aliphatic hydroxyl groups excluding tert-OH is 1. The van der Waals surface area contributed by atoms with E-state index < -0.39 is 0 Å². The number of thioether (sulfide) groups is 1. The monoisotopic (exact) mass is 355 g/mol. The third kappa shape index (κ3) is 3.05. The molecular formula is C14H14BrNOS2. The minimum Gasteiger partial charge on any atom is -0.388 e. The minimum absolute atomic E-state index is 0.288. The second-order valence-corrected chi connectivity index (χ2v) is 7.53. The van der Waals surface area contributed by atoms with Crippen LogP contribution in [0.2, 0.25) is 0 Å². The van der Waals surface area contributed by atoms with Crippen LogP contribution < -0.4 is 0 Å². The molecule has 3 rings (SSSR count). The summed E-state index contributed by atoms with van der Waals surface area (Å²) < 4.78 is 1.13. The molecule has 1 unspecified atom stereocenters. The summed E-state index contributed by atoms with van der Waals surface area (Å²) in [4.78, 5) is 6.99. The largest absolute Gasteiger partial charge is 0.388 e. The molecule has 0 saturated heterocycles. The molecule has 1 N–H and O–H groups in total. The van der Waals surface area contributed by atoms with E-state index in [2.05, 4.69) is 33.0 Å². The normalized spacial score (nSPS) is 18.3. The highest BCUT2D eigenvalue weighted by atomic mass is 79.9. The highest BCUT2D eigenvalue weighted by Gasteiger charge is 2.22. The standard InChI is InChI=1S/C14H14BrNOS2/c15-9-4-1-2-7-12(9)18-8-13-16-10-5-3-6-11(17)14(10)19-13/h1-2,4,7,11,17H,3,5-6,8H2. The third-order valence-electron chi connectivity index (χ3n) is 3.15. The van der Waals surface area contributed by atoms with E-state index in [0.29, 0.717) is 0 Å². The topological polar surface area (TPSA) is 33.1 Å². The fourth-order valence-electron chi connectivity index (χ4n) is 2.21. The first kappa shape index (κ1) is 13.6. The molecule has 100 valence electrons. The fourth-order valence-corrected chi connectivity index (χ4v) is 4.90. The Labute approximate surface area is 129 Å². The van der Waals surface area contributed by atoms with Crippen LogP contribution in [0.15, 0.2) is 33.6 Å². The van der Waals surface area contributed by atoms with Crippen LogP contribution in [0, 0.1) is 0 Å². The van der Waals surface area contributed by atoms with E-state index >= 15 is 0 Å². The molecule has 1 heterocycles. The predicted molar refractivity (Wildman–Crippen MR) is 83.7 cm³/mol. The first-order chi connectivity index (χ1) is 9.24. The molecule has 0 spiro atoms. The van der Waals surface area contributed by atoms with Crippen molar-refractivity contribution in [3.05, 3.63) is 44.3 Å². The number of aliphatic hydroxyl groups is 1. The number of aryl methyl sites for hydroxylation is 1. The number of hydrogen-bond donors (Lipinski definition) is 1. The van der Waals surface area contributed by atoms with Gasteiger partial charge in [-0.05, 0) is 47.3 Å². The smallest absolute Gasteiger partial charge is 0.103 e. The summed E-state index contributed by atoms with van der Waals surface area (Å²) in [5, 5.41) is 11.1. The lowest BCUT2D eigenvalue weighted by molar-refractivity contribution is 0.160. The number of hydrogen-bond acceptors (Lipinski definition) is 4. The van der Waals surface area contributed by atoms with E-state index in [1.54, 1.807) is 23.1 Å². The average Bonchev–Trinajstić information content (AvgIpc) is 2.82. The zero-order valence-electron chi connectivity index (χ0n) is 10.3. The van der Waals surface area contributed by atoms with Crippen molar-refractivity contribution in [2.75, 3.05) is 0 Å². The van der Waals surface area contributed by atoms with E-state index in [1.807, 2.05) is 12.1 Å². The van der Waals surface area contributed by atoms with E-state index in [0.717, 1.165) is 45.1 Å². The van der Waals surface area contributed by atoms with Gasteiger partial charge < -0.3 is 5.11 Å². The zero-order valence-corrected chi connectivity index (χ0v) is 13.5. The number of thiazole rings is 1. The van der Waals surface area contributed by atoms with Gasteiger partial charge in [0.25, 0.3) is 0 Å². The summed E-state index contributed by atoms with van der Waals surface area (Å²) in [5.74, 6) is 0.868. The van der Waals surface area contributed by atoms with Crippen LogP contribution >= 0.6 is 39.0 Å². The molecule has 0 amide bonds. The first-order valence-corrected chi connectivity index (χ1v) is 8.87. The van der Waals surface area contributed by atoms with Crippen LogP contribution in [0.1, 0.15) is 34.5 Å². The van der Waals surface area contributed by atoms with Crippen LogP contribution in [0.4, 0.5) is 0 Å². The van der Waals surface area contributed by atoms with E-state index in [1.165, 1.54) is 4.90 Å². The molecule has 0 saturated carbocycles. The van der Waals surface area contributed by atoms with Gasteiger partial charge in [0.2, 0.25) is 0 Å². The fraction of sp³-hybridized carbons (Fsp3) is 0.357. The molecule has 1 aliphatic carbocycles. The molecule has 0 radical (unpaired) electrons. The number of fused-ring (bicyclic) bond motifs is 1. The molecule has 2 aromatic rings. The Hall–Kier alpha value is -0.360. The number of nitrogens with zero attached hydrogens (tertiary/aromatic N) is 1. The molecule has 0 fully saturated rings. The Bertz CT molecular complexity index is 585. The Morgan fingerprint density at radius 1 is 1.42 bits per heavy atom. The maximum atomic E-state index is 9.96. The van der Waals surface area contributed by atoms with Gasteiger partial charge in [-0.3, -0.25) is 0 Å². The van der Waals surface area contributed by atoms with Crippen molar-refractivity contribution in [3.8, 4) is 0 Å². The quantitative estimate of drug-likeness (QED) is 0.818. The van der Waals surface area contributed by atoms with Gasteiger partial charge in [0.15, 0.2) is 0 Å². The van der Waals surface area contributed by atoms with Crippen molar-refractivity contribution in [3.63, 3.8) is 0 Å². The van der Waals surface area contributed by atoms with Gasteiger partial charge in [0, 0.05) is 9.37 Å². The maximum absolute atomic E-state index is 9.96. The highest BCUT2D eigenvalue weighted by Crippen LogP contribution is 2.37. The Morgan fingerprint density at radius 3 is 3.05 bits per heavy atom. The van der Waals surface area contributed by atoms with Crippen molar-refractivity contribution in [1.29, 1.82) is 0 Å². The number of benzene rings is 1. The highest BCUT2D eigenvalue weighted by molar-refractivity contribution is 9.10. The lowest BCUT2D eigenvalue weighted by Crippen LogP contribution is -2.06. The van der Waals surface area contributed by atoms with E-state index in [4.69, 9.17) is 0 Å². The summed E-state index contributed by atoms with van der Waals surface area (Å²) in [6, 6.07) is 8.23. The van der Waals surface area contributed by atoms with Gasteiger partial charge in [-0.2, -0.15) is 0 Å². The third-order valence-corrected chi connectivity index (χ3v) is 6.57. The lowest BCUT2D eigenvalue weighted by atomic mass is 10.0. The summed E-state index contributed by atoms with van der Waals surface area (Å²) in [6.45, 7) is 0. The predicted octanol–water partition coefficient (Wildman–Crippen LogP) is 4.57. The molecular weight excluding hydrogens is 342 g/mol. The van der Waals surface area contributed by atoms with Gasteiger partial charge in [0.1, 0.15) is 5.01 Å². The molecule has 1 aromatic carbocycles. The molecule has 0 bridgehead atoms.